The van der Waals surface area contributed by atoms with E-state index in [1.165, 1.54) is 10.8 Å². The smallest absolute Gasteiger partial charge is 0.150 e. The molecule has 0 unspecified atom stereocenters. The summed E-state index contributed by atoms with van der Waals surface area (Å²) >= 11 is 3.55. The van der Waals surface area contributed by atoms with Gasteiger partial charge in [-0.3, -0.25) is 4.79 Å². The number of fused-ring (bicyclic) bond motifs is 3. The van der Waals surface area contributed by atoms with Crippen LogP contribution in [0.25, 0.3) is 27.5 Å². The zero-order valence-corrected chi connectivity index (χ0v) is 13.2. The number of rotatable bonds is 2. The SMILES string of the molecule is O=Cc1ccc(-n2c3ccccc3c3cc(Br)ccc32)cc1. The fraction of sp³-hybridized carbons (Fsp3) is 0. The maximum absolute atomic E-state index is 10.9. The summed E-state index contributed by atoms with van der Waals surface area (Å²) in [5.41, 5.74) is 4.06. The first-order valence-corrected chi connectivity index (χ1v) is 7.81. The molecule has 0 aliphatic rings. The monoisotopic (exact) mass is 349 g/mol. The number of para-hydroxylation sites is 1. The normalized spacial score (nSPS) is 11.1. The van der Waals surface area contributed by atoms with Crippen LogP contribution in [0.1, 0.15) is 10.4 Å². The van der Waals surface area contributed by atoms with Crippen molar-refractivity contribution in [3.8, 4) is 5.69 Å². The Kier molecular flexibility index (Phi) is 3.09. The number of aromatic nitrogens is 1. The lowest BCUT2D eigenvalue weighted by molar-refractivity contribution is 0.112. The second-order valence-electron chi connectivity index (χ2n) is 5.22. The predicted octanol–water partition coefficient (Wildman–Crippen LogP) is 5.36. The van der Waals surface area contributed by atoms with Crippen LogP contribution in [0, 0.1) is 0 Å². The minimum atomic E-state index is 0.687. The molecule has 1 aromatic heterocycles. The maximum Gasteiger partial charge on any atom is 0.150 e. The summed E-state index contributed by atoms with van der Waals surface area (Å²) in [7, 11) is 0. The molecule has 0 N–H and O–H groups in total. The van der Waals surface area contributed by atoms with Crippen LogP contribution in [-0.4, -0.2) is 10.9 Å². The van der Waals surface area contributed by atoms with Crippen LogP contribution in [0.15, 0.2) is 71.2 Å². The average Bonchev–Trinajstić information content (AvgIpc) is 2.89. The van der Waals surface area contributed by atoms with Gasteiger partial charge < -0.3 is 4.57 Å². The quantitative estimate of drug-likeness (QED) is 0.446. The highest BCUT2D eigenvalue weighted by atomic mass is 79.9. The van der Waals surface area contributed by atoms with Crippen molar-refractivity contribution in [1.82, 2.24) is 4.57 Å². The standard InChI is InChI=1S/C19H12BrNO/c20-14-7-10-19-17(11-14)16-3-1-2-4-18(16)21(19)15-8-5-13(12-22)6-9-15/h1-12H. The fourth-order valence-electron chi connectivity index (χ4n) is 2.93. The number of benzene rings is 3. The molecule has 3 heteroatoms. The third kappa shape index (κ3) is 1.97. The Balaban J connectivity index is 2.11. The Morgan fingerprint density at radius 2 is 1.55 bits per heavy atom. The van der Waals surface area contributed by atoms with E-state index in [9.17, 15) is 4.79 Å². The van der Waals surface area contributed by atoms with Crippen molar-refractivity contribution in [3.05, 3.63) is 76.8 Å². The second-order valence-corrected chi connectivity index (χ2v) is 6.14. The van der Waals surface area contributed by atoms with Crippen molar-refractivity contribution < 1.29 is 4.79 Å². The van der Waals surface area contributed by atoms with Gasteiger partial charge in [0.05, 0.1) is 11.0 Å². The number of hydrogen-bond acceptors (Lipinski definition) is 1. The molecule has 22 heavy (non-hydrogen) atoms. The molecule has 1 heterocycles. The number of carbonyl (C=O) groups excluding carboxylic acids is 1. The van der Waals surface area contributed by atoms with E-state index >= 15 is 0 Å². The van der Waals surface area contributed by atoms with Gasteiger partial charge in [0.15, 0.2) is 0 Å². The van der Waals surface area contributed by atoms with Crippen LogP contribution in [-0.2, 0) is 0 Å². The first-order chi connectivity index (χ1) is 10.8. The molecule has 0 saturated carbocycles. The highest BCUT2D eigenvalue weighted by Gasteiger charge is 2.11. The molecule has 2 nitrogen and oxygen atoms in total. The Bertz CT molecular complexity index is 999. The molecule has 3 aromatic carbocycles. The van der Waals surface area contributed by atoms with Crippen molar-refractivity contribution in [2.75, 3.05) is 0 Å². The van der Waals surface area contributed by atoms with Crippen LogP contribution < -0.4 is 0 Å². The van der Waals surface area contributed by atoms with Gasteiger partial charge in [0.2, 0.25) is 0 Å². The van der Waals surface area contributed by atoms with Gasteiger partial charge in [-0.2, -0.15) is 0 Å². The molecule has 0 atom stereocenters. The zero-order valence-electron chi connectivity index (χ0n) is 11.7. The largest absolute Gasteiger partial charge is 0.309 e. The predicted molar refractivity (Wildman–Crippen MR) is 93.9 cm³/mol. The molecule has 0 fully saturated rings. The average molecular weight is 350 g/mol. The van der Waals surface area contributed by atoms with Gasteiger partial charge in [-0.15, -0.1) is 0 Å². The van der Waals surface area contributed by atoms with Crippen LogP contribution >= 0.6 is 15.9 Å². The van der Waals surface area contributed by atoms with E-state index in [2.05, 4.69) is 56.9 Å². The van der Waals surface area contributed by atoms with Gasteiger partial charge in [-0.1, -0.05) is 34.1 Å². The molecule has 0 aliphatic heterocycles. The van der Waals surface area contributed by atoms with Crippen molar-refractivity contribution in [1.29, 1.82) is 0 Å². The Hall–Kier alpha value is -2.39. The van der Waals surface area contributed by atoms with Crippen molar-refractivity contribution in [2.24, 2.45) is 0 Å². The lowest BCUT2D eigenvalue weighted by Gasteiger charge is -2.07. The molecule has 4 rings (SSSR count). The van der Waals surface area contributed by atoms with Crippen molar-refractivity contribution in [3.63, 3.8) is 0 Å². The molecular formula is C19H12BrNO. The summed E-state index contributed by atoms with van der Waals surface area (Å²) in [4.78, 5) is 10.9. The second kappa shape index (κ2) is 5.11. The minimum absolute atomic E-state index is 0.687. The number of hydrogen-bond donors (Lipinski definition) is 0. The maximum atomic E-state index is 10.9. The van der Waals surface area contributed by atoms with Gasteiger partial charge in [-0.05, 0) is 48.5 Å². The Labute approximate surface area is 136 Å². The molecule has 0 aliphatic carbocycles. The third-order valence-corrected chi connectivity index (χ3v) is 4.42. The van der Waals surface area contributed by atoms with Gasteiger partial charge in [0.1, 0.15) is 6.29 Å². The van der Waals surface area contributed by atoms with E-state index in [0.29, 0.717) is 5.56 Å². The fourth-order valence-corrected chi connectivity index (χ4v) is 3.29. The molecule has 4 aromatic rings. The summed E-state index contributed by atoms with van der Waals surface area (Å²) in [6.07, 6.45) is 0.868. The zero-order chi connectivity index (χ0) is 15.1. The molecule has 0 radical (unpaired) electrons. The summed E-state index contributed by atoms with van der Waals surface area (Å²) in [5.74, 6) is 0. The number of carbonyl (C=O) groups is 1. The molecule has 0 spiro atoms. The van der Waals surface area contributed by atoms with E-state index < -0.39 is 0 Å². The van der Waals surface area contributed by atoms with Crippen molar-refractivity contribution in [2.45, 2.75) is 0 Å². The first-order valence-electron chi connectivity index (χ1n) is 7.02. The Morgan fingerprint density at radius 3 is 2.32 bits per heavy atom. The van der Waals surface area contributed by atoms with Gasteiger partial charge in [0.25, 0.3) is 0 Å². The molecule has 0 saturated heterocycles. The van der Waals surface area contributed by atoms with E-state index in [0.717, 1.165) is 27.5 Å². The van der Waals surface area contributed by atoms with Gasteiger partial charge in [-0.25, -0.2) is 0 Å². The van der Waals surface area contributed by atoms with E-state index in [4.69, 9.17) is 0 Å². The molecular weight excluding hydrogens is 338 g/mol. The van der Waals surface area contributed by atoms with Crippen LogP contribution in [0.4, 0.5) is 0 Å². The van der Waals surface area contributed by atoms with E-state index in [-0.39, 0.29) is 0 Å². The number of halogens is 1. The van der Waals surface area contributed by atoms with Crippen molar-refractivity contribution >= 4 is 44.0 Å². The summed E-state index contributed by atoms with van der Waals surface area (Å²) in [6.45, 7) is 0. The minimum Gasteiger partial charge on any atom is -0.309 e. The van der Waals surface area contributed by atoms with E-state index in [1.54, 1.807) is 0 Å². The summed E-state index contributed by atoms with van der Waals surface area (Å²) < 4.78 is 3.30. The highest BCUT2D eigenvalue weighted by Crippen LogP contribution is 2.33. The lowest BCUT2D eigenvalue weighted by Crippen LogP contribution is -1.93. The van der Waals surface area contributed by atoms with E-state index in [1.807, 2.05) is 30.3 Å². The summed E-state index contributed by atoms with van der Waals surface area (Å²) in [5, 5.41) is 2.43. The third-order valence-electron chi connectivity index (χ3n) is 3.92. The lowest BCUT2D eigenvalue weighted by atomic mass is 10.2. The topological polar surface area (TPSA) is 22.0 Å². The van der Waals surface area contributed by atoms with Crippen LogP contribution in [0.3, 0.4) is 0 Å². The number of nitrogens with zero attached hydrogens (tertiary/aromatic N) is 1. The first kappa shape index (κ1) is 13.3. The summed E-state index contributed by atoms with van der Waals surface area (Å²) in [6, 6.07) is 22.4. The van der Waals surface area contributed by atoms with Crippen LogP contribution in [0.2, 0.25) is 0 Å². The van der Waals surface area contributed by atoms with Gasteiger partial charge in [0, 0.05) is 26.5 Å². The molecule has 106 valence electrons. The number of aldehydes is 1. The molecule has 0 bridgehead atoms. The van der Waals surface area contributed by atoms with Gasteiger partial charge >= 0.3 is 0 Å². The molecule has 0 amide bonds. The van der Waals surface area contributed by atoms with Crippen LogP contribution in [0.5, 0.6) is 0 Å². The highest BCUT2D eigenvalue weighted by molar-refractivity contribution is 9.10. The Morgan fingerprint density at radius 1 is 0.818 bits per heavy atom.